The Kier molecular flexibility index (Phi) is 22.3. The lowest BCUT2D eigenvalue weighted by atomic mass is 9.81. The summed E-state index contributed by atoms with van der Waals surface area (Å²) in [6.45, 7) is 11.2. The molecule has 11 nitrogen and oxygen atoms in total. The number of hydrogen-bond acceptors (Lipinski definition) is 7. The first kappa shape index (κ1) is 40.9. The fourth-order valence-corrected chi connectivity index (χ4v) is 5.22. The molecule has 7 N–H and O–H groups in total. The fraction of sp³-hybridized carbons (Fsp3) is 0.867. The largest absolute Gasteiger partial charge is 0.481 e. The van der Waals surface area contributed by atoms with E-state index in [9.17, 15) is 24.3 Å². The topological polar surface area (TPSA) is 202 Å². The minimum Gasteiger partial charge on any atom is -0.481 e. The Balaban J connectivity index is 0. The van der Waals surface area contributed by atoms with Crippen LogP contribution < -0.4 is 5.32 Å². The summed E-state index contributed by atoms with van der Waals surface area (Å²) >= 11 is 0. The van der Waals surface area contributed by atoms with E-state index in [2.05, 4.69) is 39.9 Å². The second-order valence-electron chi connectivity index (χ2n) is 12.3. The van der Waals surface area contributed by atoms with Gasteiger partial charge in [0.1, 0.15) is 0 Å². The highest BCUT2D eigenvalue weighted by Gasteiger charge is 2.37. The van der Waals surface area contributed by atoms with Gasteiger partial charge >= 0.3 is 23.9 Å². The van der Waals surface area contributed by atoms with Crippen LogP contribution in [0.1, 0.15) is 131 Å². The van der Waals surface area contributed by atoms with Gasteiger partial charge in [-0.2, -0.15) is 0 Å². The molecular weight excluding hydrogens is 534 g/mol. The lowest BCUT2D eigenvalue weighted by Gasteiger charge is -2.44. The van der Waals surface area contributed by atoms with Crippen LogP contribution in [0, 0.1) is 11.8 Å². The maximum Gasteiger partial charge on any atom is 0.307 e. The summed E-state index contributed by atoms with van der Waals surface area (Å²) < 4.78 is 0. The number of rotatable bonds is 18. The van der Waals surface area contributed by atoms with E-state index in [1.807, 2.05) is 0 Å². The number of piperidine rings is 1. The van der Waals surface area contributed by atoms with Crippen LogP contribution in [0.15, 0.2) is 0 Å². The molecule has 0 saturated carbocycles. The van der Waals surface area contributed by atoms with E-state index >= 15 is 0 Å². The van der Waals surface area contributed by atoms with E-state index in [4.69, 9.17) is 25.5 Å². The Hall–Kier alpha value is -2.24. The van der Waals surface area contributed by atoms with Gasteiger partial charge in [-0.15, -0.1) is 0 Å². The molecule has 41 heavy (non-hydrogen) atoms. The van der Waals surface area contributed by atoms with Crippen molar-refractivity contribution in [1.29, 1.82) is 0 Å². The monoisotopic (exact) mass is 591 g/mol. The standard InChI is InChI=1S/C13H28O.C9H19NO.C8H10O8/c1-2-3-4-5-6-7-8-9-10-11-12-13-14;1-8(2)5-7(11)6-9(3,4)10-8;9-5(10)1-3(7(13)14)4(8(15)16)2-6(11)12/h14H,2-13H2,1H3;7,10-11H,5-6H2,1-4H3;3-4H,1-2H2,(H,9,10)(H,11,12)(H,13,14)(H,15,16). The average Bonchev–Trinajstić information content (AvgIpc) is 2.80. The number of aliphatic hydroxyl groups is 2. The second kappa shape index (κ2) is 22.4. The second-order valence-corrected chi connectivity index (χ2v) is 12.3. The van der Waals surface area contributed by atoms with Crippen molar-refractivity contribution in [3.8, 4) is 0 Å². The van der Waals surface area contributed by atoms with E-state index < -0.39 is 48.6 Å². The molecular formula is C30H57NO10. The Morgan fingerprint density at radius 1 is 0.659 bits per heavy atom. The molecule has 0 bridgehead atoms. The van der Waals surface area contributed by atoms with Gasteiger partial charge in [0.2, 0.25) is 0 Å². The van der Waals surface area contributed by atoms with Gasteiger partial charge in [0.05, 0.1) is 30.8 Å². The summed E-state index contributed by atoms with van der Waals surface area (Å²) in [6.07, 6.45) is 14.5. The van der Waals surface area contributed by atoms with Crippen LogP contribution >= 0.6 is 0 Å². The van der Waals surface area contributed by atoms with Gasteiger partial charge in [0.15, 0.2) is 0 Å². The predicted molar refractivity (Wildman–Crippen MR) is 157 cm³/mol. The molecule has 242 valence electrons. The van der Waals surface area contributed by atoms with Gasteiger partial charge < -0.3 is 36.0 Å². The molecule has 0 aromatic carbocycles. The summed E-state index contributed by atoms with van der Waals surface area (Å²) in [5, 5.41) is 55.7. The van der Waals surface area contributed by atoms with E-state index in [-0.39, 0.29) is 17.2 Å². The van der Waals surface area contributed by atoms with Crippen molar-refractivity contribution < 1.29 is 49.8 Å². The number of carboxylic acids is 4. The fourth-order valence-electron chi connectivity index (χ4n) is 5.22. The Morgan fingerprint density at radius 3 is 1.22 bits per heavy atom. The molecule has 2 unspecified atom stereocenters. The van der Waals surface area contributed by atoms with Gasteiger partial charge in [-0.05, 0) is 47.0 Å². The van der Waals surface area contributed by atoms with Crippen molar-refractivity contribution in [2.24, 2.45) is 11.8 Å². The average molecular weight is 592 g/mol. The summed E-state index contributed by atoms with van der Waals surface area (Å²) in [5.74, 6) is -9.79. The van der Waals surface area contributed by atoms with Crippen LogP contribution in [-0.4, -0.2) is 78.3 Å². The minimum absolute atomic E-state index is 0.0845. The smallest absolute Gasteiger partial charge is 0.307 e. The molecule has 0 radical (unpaired) electrons. The van der Waals surface area contributed by atoms with Gasteiger partial charge in [0.25, 0.3) is 0 Å². The van der Waals surface area contributed by atoms with E-state index in [1.54, 1.807) is 0 Å². The van der Waals surface area contributed by atoms with Crippen molar-refractivity contribution in [2.45, 2.75) is 148 Å². The molecule has 0 spiro atoms. The first-order valence-electron chi connectivity index (χ1n) is 15.0. The highest BCUT2D eigenvalue weighted by molar-refractivity contribution is 5.86. The molecule has 0 aromatic heterocycles. The molecule has 1 rings (SSSR count). The Morgan fingerprint density at radius 2 is 0.976 bits per heavy atom. The van der Waals surface area contributed by atoms with Crippen molar-refractivity contribution >= 4 is 23.9 Å². The van der Waals surface area contributed by atoms with Crippen molar-refractivity contribution in [3.05, 3.63) is 0 Å². The van der Waals surface area contributed by atoms with Crippen LogP contribution in [-0.2, 0) is 19.2 Å². The number of hydrogen-bond donors (Lipinski definition) is 7. The number of carbonyl (C=O) groups is 4. The van der Waals surface area contributed by atoms with Gasteiger partial charge in [0, 0.05) is 17.7 Å². The lowest BCUT2D eigenvalue weighted by molar-refractivity contribution is -0.160. The van der Waals surface area contributed by atoms with Crippen molar-refractivity contribution in [3.63, 3.8) is 0 Å². The van der Waals surface area contributed by atoms with Gasteiger partial charge in [-0.1, -0.05) is 71.1 Å². The van der Waals surface area contributed by atoms with Crippen molar-refractivity contribution in [2.75, 3.05) is 6.61 Å². The Bertz CT molecular complexity index is 694. The van der Waals surface area contributed by atoms with Gasteiger partial charge in [-0.25, -0.2) is 0 Å². The zero-order valence-electron chi connectivity index (χ0n) is 25.9. The molecule has 0 amide bonds. The number of nitrogens with one attached hydrogen (secondary N) is 1. The van der Waals surface area contributed by atoms with E-state index in [0.29, 0.717) is 6.61 Å². The van der Waals surface area contributed by atoms with Crippen LogP contribution in [0.25, 0.3) is 0 Å². The molecule has 1 heterocycles. The van der Waals surface area contributed by atoms with Crippen LogP contribution in [0.3, 0.4) is 0 Å². The number of unbranched alkanes of at least 4 members (excludes halogenated alkanes) is 10. The summed E-state index contributed by atoms with van der Waals surface area (Å²) in [6, 6.07) is 0. The van der Waals surface area contributed by atoms with E-state index in [0.717, 1.165) is 19.3 Å². The molecule has 1 aliphatic heterocycles. The van der Waals surface area contributed by atoms with Crippen LogP contribution in [0.4, 0.5) is 0 Å². The SMILES string of the molecule is CC1(C)CC(O)CC(C)(C)N1.CCCCCCCCCCCCCO.O=C(O)CC(C(=O)O)C(CC(=O)O)C(=O)O. The number of aliphatic carboxylic acids is 4. The number of carboxylic acid groups (broad SMARTS) is 4. The normalized spacial score (nSPS) is 17.1. The molecule has 2 atom stereocenters. The molecule has 1 fully saturated rings. The summed E-state index contributed by atoms with van der Waals surface area (Å²) in [5.41, 5.74) is 0.169. The van der Waals surface area contributed by atoms with Crippen LogP contribution in [0.2, 0.25) is 0 Å². The molecule has 0 aromatic rings. The zero-order valence-corrected chi connectivity index (χ0v) is 25.9. The van der Waals surface area contributed by atoms with Gasteiger partial charge in [-0.3, -0.25) is 19.2 Å². The predicted octanol–water partition coefficient (Wildman–Crippen LogP) is 4.92. The summed E-state index contributed by atoms with van der Waals surface area (Å²) in [4.78, 5) is 41.9. The quantitative estimate of drug-likeness (QED) is 0.107. The first-order valence-corrected chi connectivity index (χ1v) is 15.0. The highest BCUT2D eigenvalue weighted by Crippen LogP contribution is 2.28. The molecule has 0 aliphatic carbocycles. The maximum absolute atomic E-state index is 10.6. The Labute approximate surface area is 245 Å². The van der Waals surface area contributed by atoms with Crippen molar-refractivity contribution in [1.82, 2.24) is 5.32 Å². The van der Waals surface area contributed by atoms with E-state index in [1.165, 1.54) is 64.2 Å². The zero-order chi connectivity index (χ0) is 32.1. The third-order valence-corrected chi connectivity index (χ3v) is 6.84. The molecule has 1 saturated heterocycles. The number of aliphatic hydroxyl groups excluding tert-OH is 2. The third kappa shape index (κ3) is 24.1. The van der Waals surface area contributed by atoms with Crippen LogP contribution in [0.5, 0.6) is 0 Å². The minimum atomic E-state index is -1.76. The lowest BCUT2D eigenvalue weighted by Crippen LogP contribution is -2.59. The third-order valence-electron chi connectivity index (χ3n) is 6.84. The molecule has 11 heteroatoms. The highest BCUT2D eigenvalue weighted by atomic mass is 16.4. The maximum atomic E-state index is 10.6. The summed E-state index contributed by atoms with van der Waals surface area (Å²) in [7, 11) is 0. The molecule has 1 aliphatic rings. The first-order chi connectivity index (χ1) is 19.0.